The first-order chi connectivity index (χ1) is 11.7. The molecule has 0 fully saturated rings. The van der Waals surface area contributed by atoms with Crippen molar-refractivity contribution in [2.24, 2.45) is 22.2 Å². The predicted octanol–water partition coefficient (Wildman–Crippen LogP) is -3.53. The number of hydrogen-bond donors (Lipinski definition) is 4. The summed E-state index contributed by atoms with van der Waals surface area (Å²) in [6, 6.07) is -0.709. The van der Waals surface area contributed by atoms with Crippen molar-refractivity contribution in [3.63, 3.8) is 0 Å². The molecule has 0 rings (SSSR count). The highest BCUT2D eigenvalue weighted by Crippen LogP contribution is 2.04. The van der Waals surface area contributed by atoms with Gasteiger partial charge in [0.2, 0.25) is 0 Å². The second-order valence-electron chi connectivity index (χ2n) is 6.70. The minimum absolute atomic E-state index is 0.0285. The quantitative estimate of drug-likeness (QED) is 0.0987. The second kappa shape index (κ2) is 12.9. The lowest BCUT2D eigenvalue weighted by molar-refractivity contribution is -0.873. The number of carbonyl (C=O) groups is 2. The summed E-state index contributed by atoms with van der Waals surface area (Å²) in [6.45, 7) is 2.16. The van der Waals surface area contributed by atoms with Gasteiger partial charge in [0.1, 0.15) is 6.54 Å². The van der Waals surface area contributed by atoms with Crippen molar-refractivity contribution in [3.05, 3.63) is 0 Å². The Morgan fingerprint density at radius 2 is 1.77 bits per heavy atom. The topological polar surface area (TPSA) is 204 Å². The molecule has 0 aromatic rings. The zero-order valence-electron chi connectivity index (χ0n) is 15.9. The van der Waals surface area contributed by atoms with Crippen molar-refractivity contribution in [2.45, 2.75) is 38.3 Å². The molecule has 0 saturated heterocycles. The summed E-state index contributed by atoms with van der Waals surface area (Å²) in [6.07, 6.45) is 0.190. The summed E-state index contributed by atoms with van der Waals surface area (Å²) in [5.74, 6) is -2.39. The van der Waals surface area contributed by atoms with Crippen LogP contribution >= 0.6 is 0 Å². The zero-order valence-corrected chi connectivity index (χ0v) is 15.9. The van der Waals surface area contributed by atoms with E-state index in [1.54, 1.807) is 0 Å². The van der Waals surface area contributed by atoms with E-state index in [2.05, 4.69) is 4.99 Å². The van der Waals surface area contributed by atoms with Crippen molar-refractivity contribution in [2.75, 3.05) is 34.2 Å². The molecule has 0 bridgehead atoms. The lowest BCUT2D eigenvalue weighted by Crippen LogP contribution is -2.45. The number of esters is 1. The summed E-state index contributed by atoms with van der Waals surface area (Å²) >= 11 is 0. The molecule has 11 heteroatoms. The van der Waals surface area contributed by atoms with Crippen LogP contribution in [0, 0.1) is 5.41 Å². The van der Waals surface area contributed by atoms with Gasteiger partial charge in [-0.05, 0) is 18.7 Å². The Bertz CT molecular complexity index is 469. The predicted molar refractivity (Wildman–Crippen MR) is 93.7 cm³/mol. The number of guanidine groups is 1. The van der Waals surface area contributed by atoms with Crippen molar-refractivity contribution in [3.8, 4) is 0 Å². The van der Waals surface area contributed by atoms with Gasteiger partial charge in [0.05, 0.1) is 21.1 Å². The van der Waals surface area contributed by atoms with Gasteiger partial charge in [-0.15, -0.1) is 0 Å². The van der Waals surface area contributed by atoms with Crippen LogP contribution in [0.5, 0.6) is 0 Å². The maximum atomic E-state index is 10.7. The Morgan fingerprint density at radius 1 is 1.23 bits per heavy atom. The number of likely N-dealkylation sites (N-methyl/N-ethyl adjacent to an activating group) is 1. The molecule has 0 radical (unpaired) electrons. The van der Waals surface area contributed by atoms with E-state index in [0.29, 0.717) is 30.4 Å². The lowest BCUT2D eigenvalue weighted by Gasteiger charge is -2.28. The molecule has 0 spiro atoms. The largest absolute Gasteiger partial charge is 0.861 e. The zero-order chi connectivity index (χ0) is 20.9. The number of aliphatic carboxylic acids is 1. The molecule has 0 aliphatic rings. The van der Waals surface area contributed by atoms with Gasteiger partial charge in [0, 0.05) is 31.9 Å². The Hall–Kier alpha value is -2.40. The lowest BCUT2D eigenvalue weighted by atomic mass is 10.2. The van der Waals surface area contributed by atoms with Crippen LogP contribution in [0.3, 0.4) is 0 Å². The van der Waals surface area contributed by atoms with Crippen molar-refractivity contribution in [1.29, 1.82) is 5.41 Å². The highest BCUT2D eigenvalue weighted by molar-refractivity contribution is 5.75. The van der Waals surface area contributed by atoms with Gasteiger partial charge in [0.25, 0.3) is 0 Å². The number of aliphatic imine (C=N–C) groups is 1. The SMILES string of the molecule is CC(=O)OC(CC(=O)[O-])C[N+](C)(C)C.N=C([O-])C(N)CCCN=C(N)N. The number of nitrogens with one attached hydrogen (secondary N) is 1. The number of hydrogen-bond acceptors (Lipinski definition) is 8. The highest BCUT2D eigenvalue weighted by Gasteiger charge is 2.20. The van der Waals surface area contributed by atoms with Gasteiger partial charge < -0.3 is 46.8 Å². The average molecular weight is 375 g/mol. The first kappa shape index (κ1) is 25.8. The van der Waals surface area contributed by atoms with E-state index in [9.17, 15) is 19.8 Å². The number of carboxylic acid groups (broad SMARTS) is 1. The molecule has 0 aliphatic heterocycles. The molecule has 0 amide bonds. The number of quaternary nitrogens is 1. The van der Waals surface area contributed by atoms with Crippen LogP contribution in [0.2, 0.25) is 0 Å². The van der Waals surface area contributed by atoms with Gasteiger partial charge >= 0.3 is 5.97 Å². The third kappa shape index (κ3) is 19.6. The van der Waals surface area contributed by atoms with Crippen LogP contribution in [0.4, 0.5) is 0 Å². The van der Waals surface area contributed by atoms with Crippen LogP contribution in [0.1, 0.15) is 26.2 Å². The summed E-state index contributed by atoms with van der Waals surface area (Å²) in [5, 5.41) is 27.4. The molecule has 26 heavy (non-hydrogen) atoms. The Balaban J connectivity index is 0. The summed E-state index contributed by atoms with van der Waals surface area (Å²) in [7, 11) is 5.68. The molecule has 152 valence electrons. The molecule has 2 atom stereocenters. The molecule has 0 heterocycles. The summed E-state index contributed by atoms with van der Waals surface area (Å²) in [4.78, 5) is 24.7. The van der Waals surface area contributed by atoms with Gasteiger partial charge in [0.15, 0.2) is 12.1 Å². The van der Waals surface area contributed by atoms with E-state index < -0.39 is 30.0 Å². The number of nitrogens with two attached hydrogens (primary N) is 3. The first-order valence-corrected chi connectivity index (χ1v) is 7.98. The molecule has 0 aromatic carbocycles. The summed E-state index contributed by atoms with van der Waals surface area (Å²) in [5.41, 5.74) is 15.4. The monoisotopic (exact) mass is 375 g/mol. The third-order valence-corrected chi connectivity index (χ3v) is 2.78. The average Bonchev–Trinajstić information content (AvgIpc) is 2.40. The van der Waals surface area contributed by atoms with Crippen molar-refractivity contribution >= 4 is 23.8 Å². The van der Waals surface area contributed by atoms with E-state index in [1.165, 1.54) is 6.92 Å². The van der Waals surface area contributed by atoms with E-state index in [0.717, 1.165) is 0 Å². The van der Waals surface area contributed by atoms with Gasteiger partial charge in [-0.25, -0.2) is 0 Å². The van der Waals surface area contributed by atoms with E-state index >= 15 is 0 Å². The molecule has 0 aromatic heterocycles. The minimum Gasteiger partial charge on any atom is -0.861 e. The Morgan fingerprint density at radius 3 is 2.12 bits per heavy atom. The number of nitrogens with zero attached hydrogens (tertiary/aromatic N) is 2. The molecule has 0 aliphatic carbocycles. The van der Waals surface area contributed by atoms with Crippen LogP contribution in [0.25, 0.3) is 0 Å². The summed E-state index contributed by atoms with van der Waals surface area (Å²) < 4.78 is 5.39. The van der Waals surface area contributed by atoms with E-state index in [1.807, 2.05) is 21.1 Å². The standard InChI is InChI=1S/C9H17NO4.C6H15N5O/c1-7(11)14-8(5-9(12)13)6-10(2,3)4;7-4(5(8)12)2-1-3-11-6(9)10/h8H,5-6H2,1-4H3;4H,1-3,7H2,(H2,8,12)(H4,9,10,11)/p-1. The second-order valence-corrected chi connectivity index (χ2v) is 6.70. The van der Waals surface area contributed by atoms with Crippen LogP contribution in [-0.2, 0) is 14.3 Å². The minimum atomic E-state index is -1.20. The number of carbonyl (C=O) groups excluding carboxylic acids is 2. The molecule has 2 unspecified atom stereocenters. The smallest absolute Gasteiger partial charge is 0.303 e. The van der Waals surface area contributed by atoms with E-state index in [4.69, 9.17) is 27.3 Å². The third-order valence-electron chi connectivity index (χ3n) is 2.78. The maximum Gasteiger partial charge on any atom is 0.303 e. The first-order valence-electron chi connectivity index (χ1n) is 7.98. The highest BCUT2D eigenvalue weighted by atomic mass is 16.5. The number of rotatable bonds is 10. The fourth-order valence-corrected chi connectivity index (χ4v) is 1.83. The molecule has 0 saturated carbocycles. The van der Waals surface area contributed by atoms with Gasteiger partial charge in [-0.1, -0.05) is 0 Å². The Kier molecular flexibility index (Phi) is 12.8. The van der Waals surface area contributed by atoms with Crippen molar-refractivity contribution < 1.29 is 29.0 Å². The number of ether oxygens (including phenoxy) is 1. The molecule has 11 nitrogen and oxygen atoms in total. The fraction of sp³-hybridized carbons (Fsp3) is 0.733. The van der Waals surface area contributed by atoms with Gasteiger partial charge in [-0.2, -0.15) is 0 Å². The molecular formula is C15H31N6O5-. The van der Waals surface area contributed by atoms with Crippen LogP contribution in [0.15, 0.2) is 4.99 Å². The Labute approximate surface area is 153 Å². The van der Waals surface area contributed by atoms with Crippen LogP contribution < -0.4 is 27.4 Å². The molecular weight excluding hydrogens is 344 g/mol. The normalized spacial score (nSPS) is 12.8. The maximum absolute atomic E-state index is 10.7. The van der Waals surface area contributed by atoms with Crippen LogP contribution in [-0.4, -0.2) is 74.7 Å². The van der Waals surface area contributed by atoms with E-state index in [-0.39, 0.29) is 12.4 Å². The number of carboxylic acids is 1. The van der Waals surface area contributed by atoms with Gasteiger partial charge in [-0.3, -0.25) is 9.79 Å². The fourth-order valence-electron chi connectivity index (χ4n) is 1.83. The molecule has 7 N–H and O–H groups in total. The van der Waals surface area contributed by atoms with Crippen molar-refractivity contribution in [1.82, 2.24) is 0 Å².